The quantitative estimate of drug-likeness (QED) is 0.600. The lowest BCUT2D eigenvalue weighted by Crippen LogP contribution is -1.98. The topological polar surface area (TPSA) is 26.3 Å². The zero-order valence-corrected chi connectivity index (χ0v) is 8.80. The van der Waals surface area contributed by atoms with Crippen molar-refractivity contribution in [1.29, 1.82) is 0 Å². The first-order valence-electron chi connectivity index (χ1n) is 3.70. The molecule has 0 fully saturated rings. The molecule has 0 N–H and O–H groups in total. The number of carbonyl (C=O) groups is 1. The van der Waals surface area contributed by atoms with Gasteiger partial charge in [0, 0.05) is 0 Å². The highest BCUT2D eigenvalue weighted by Gasteiger charge is 2.10. The van der Waals surface area contributed by atoms with Crippen LogP contribution in [0.3, 0.4) is 0 Å². The number of hydrogen-bond donors (Lipinski definition) is 0. The second-order valence-corrected chi connectivity index (χ2v) is 3.24. The average molecular weight is 241 g/mol. The zero-order chi connectivity index (χ0) is 9.84. The van der Waals surface area contributed by atoms with E-state index in [2.05, 4.69) is 22.5 Å². The summed E-state index contributed by atoms with van der Waals surface area (Å²) in [6, 6.07) is 5.30. The molecule has 0 unspecified atom stereocenters. The molecular weight excluding hydrogens is 232 g/mol. The number of hydrogen-bond acceptors (Lipinski definition) is 2. The van der Waals surface area contributed by atoms with Crippen LogP contribution in [-0.2, 0) is 0 Å². The lowest BCUT2D eigenvalue weighted by molar-refractivity contribution is 0.104. The van der Waals surface area contributed by atoms with Crippen molar-refractivity contribution >= 4 is 21.7 Å². The summed E-state index contributed by atoms with van der Waals surface area (Å²) in [6.07, 6.45) is 1.27. The van der Waals surface area contributed by atoms with Gasteiger partial charge in [-0.3, -0.25) is 4.79 Å². The van der Waals surface area contributed by atoms with Crippen LogP contribution in [0.4, 0.5) is 0 Å². The number of ketones is 1. The number of carbonyl (C=O) groups excluding carboxylic acids is 1. The maximum atomic E-state index is 11.3. The van der Waals surface area contributed by atoms with E-state index in [1.807, 2.05) is 6.07 Å². The van der Waals surface area contributed by atoms with Crippen molar-refractivity contribution in [2.24, 2.45) is 0 Å². The Hall–Kier alpha value is -1.09. The Balaban J connectivity index is 3.27. The third-order valence-corrected chi connectivity index (χ3v) is 2.25. The van der Waals surface area contributed by atoms with Crippen molar-refractivity contribution in [2.75, 3.05) is 7.11 Å². The molecule has 0 aliphatic rings. The summed E-state index contributed by atoms with van der Waals surface area (Å²) in [5.74, 6) is 0.408. The third-order valence-electron chi connectivity index (χ3n) is 1.62. The van der Waals surface area contributed by atoms with Gasteiger partial charge in [-0.1, -0.05) is 12.6 Å². The van der Waals surface area contributed by atoms with Gasteiger partial charge < -0.3 is 4.74 Å². The van der Waals surface area contributed by atoms with E-state index >= 15 is 0 Å². The summed E-state index contributed by atoms with van der Waals surface area (Å²) in [6.45, 7) is 3.42. The molecule has 68 valence electrons. The van der Waals surface area contributed by atoms with Crippen LogP contribution in [0.2, 0.25) is 0 Å². The number of ether oxygens (including phenoxy) is 1. The number of halogens is 1. The molecular formula is C10H9BrO2. The van der Waals surface area contributed by atoms with E-state index in [0.717, 1.165) is 4.47 Å². The SMILES string of the molecule is C=CC(=O)c1cccc(Br)c1OC. The molecule has 0 aromatic heterocycles. The Labute approximate surface area is 85.3 Å². The van der Waals surface area contributed by atoms with Crippen LogP contribution in [0, 0.1) is 0 Å². The van der Waals surface area contributed by atoms with Crippen molar-refractivity contribution in [2.45, 2.75) is 0 Å². The van der Waals surface area contributed by atoms with E-state index in [1.54, 1.807) is 12.1 Å². The minimum absolute atomic E-state index is 0.141. The van der Waals surface area contributed by atoms with Gasteiger partial charge >= 0.3 is 0 Å². The van der Waals surface area contributed by atoms with Crippen molar-refractivity contribution < 1.29 is 9.53 Å². The number of benzene rings is 1. The second-order valence-electron chi connectivity index (χ2n) is 2.39. The van der Waals surface area contributed by atoms with Crippen LogP contribution in [0.25, 0.3) is 0 Å². The van der Waals surface area contributed by atoms with Crippen LogP contribution in [0.1, 0.15) is 10.4 Å². The molecule has 0 spiro atoms. The van der Waals surface area contributed by atoms with Crippen molar-refractivity contribution in [3.63, 3.8) is 0 Å². The molecule has 1 aromatic rings. The van der Waals surface area contributed by atoms with Gasteiger partial charge in [0.1, 0.15) is 5.75 Å². The molecule has 1 rings (SSSR count). The third kappa shape index (κ3) is 1.98. The summed E-state index contributed by atoms with van der Waals surface area (Å²) in [5.41, 5.74) is 0.520. The number of methoxy groups -OCH3 is 1. The van der Waals surface area contributed by atoms with Crippen molar-refractivity contribution in [1.82, 2.24) is 0 Å². The zero-order valence-electron chi connectivity index (χ0n) is 7.21. The number of allylic oxidation sites excluding steroid dienone is 1. The number of para-hydroxylation sites is 1. The molecule has 0 radical (unpaired) electrons. The van der Waals surface area contributed by atoms with Crippen LogP contribution in [0.5, 0.6) is 5.75 Å². The highest BCUT2D eigenvalue weighted by molar-refractivity contribution is 9.10. The average Bonchev–Trinajstić information content (AvgIpc) is 2.16. The molecule has 3 heteroatoms. The van der Waals surface area contributed by atoms with E-state index in [0.29, 0.717) is 11.3 Å². The molecule has 0 heterocycles. The normalized spacial score (nSPS) is 9.38. The monoisotopic (exact) mass is 240 g/mol. The molecule has 2 nitrogen and oxygen atoms in total. The molecule has 0 saturated carbocycles. The molecule has 13 heavy (non-hydrogen) atoms. The minimum atomic E-state index is -0.141. The Kier molecular flexibility index (Phi) is 3.25. The Morgan fingerprint density at radius 2 is 2.31 bits per heavy atom. The summed E-state index contributed by atoms with van der Waals surface area (Å²) in [4.78, 5) is 11.3. The molecule has 0 aliphatic heterocycles. The highest BCUT2D eigenvalue weighted by Crippen LogP contribution is 2.28. The fourth-order valence-electron chi connectivity index (χ4n) is 1.02. The molecule has 1 aromatic carbocycles. The smallest absolute Gasteiger partial charge is 0.189 e. The van der Waals surface area contributed by atoms with Gasteiger partial charge in [-0.15, -0.1) is 0 Å². The fraction of sp³-hybridized carbons (Fsp3) is 0.100. The van der Waals surface area contributed by atoms with Gasteiger partial charge in [-0.2, -0.15) is 0 Å². The van der Waals surface area contributed by atoms with Gasteiger partial charge in [0.2, 0.25) is 0 Å². The molecule has 0 saturated heterocycles. The van der Waals surface area contributed by atoms with Gasteiger partial charge in [0.05, 0.1) is 17.1 Å². The van der Waals surface area contributed by atoms with Crippen LogP contribution in [0.15, 0.2) is 35.3 Å². The molecule has 0 aliphatic carbocycles. The van der Waals surface area contributed by atoms with E-state index in [-0.39, 0.29) is 5.78 Å². The molecule has 0 atom stereocenters. The largest absolute Gasteiger partial charge is 0.495 e. The van der Waals surface area contributed by atoms with E-state index in [1.165, 1.54) is 13.2 Å². The second kappa shape index (κ2) is 4.23. The van der Waals surface area contributed by atoms with E-state index in [4.69, 9.17) is 4.74 Å². The van der Waals surface area contributed by atoms with Crippen LogP contribution >= 0.6 is 15.9 Å². The summed E-state index contributed by atoms with van der Waals surface area (Å²) in [7, 11) is 1.53. The lowest BCUT2D eigenvalue weighted by Gasteiger charge is -2.06. The maximum absolute atomic E-state index is 11.3. The van der Waals surface area contributed by atoms with Gasteiger partial charge in [0.15, 0.2) is 5.78 Å². The van der Waals surface area contributed by atoms with Gasteiger partial charge in [0.25, 0.3) is 0 Å². The Bertz CT molecular complexity index is 345. The summed E-state index contributed by atoms with van der Waals surface area (Å²) >= 11 is 3.29. The van der Waals surface area contributed by atoms with Gasteiger partial charge in [-0.25, -0.2) is 0 Å². The van der Waals surface area contributed by atoms with Crippen LogP contribution < -0.4 is 4.74 Å². The van der Waals surface area contributed by atoms with Crippen LogP contribution in [-0.4, -0.2) is 12.9 Å². The van der Waals surface area contributed by atoms with Crippen molar-refractivity contribution in [3.8, 4) is 5.75 Å². The fourth-order valence-corrected chi connectivity index (χ4v) is 1.55. The first-order chi connectivity index (χ1) is 6.20. The van der Waals surface area contributed by atoms with E-state index in [9.17, 15) is 4.79 Å². The maximum Gasteiger partial charge on any atom is 0.189 e. The number of rotatable bonds is 3. The molecule has 0 bridgehead atoms. The summed E-state index contributed by atoms with van der Waals surface area (Å²) < 4.78 is 5.85. The Morgan fingerprint density at radius 3 is 2.85 bits per heavy atom. The predicted octanol–water partition coefficient (Wildman–Crippen LogP) is 2.83. The Morgan fingerprint density at radius 1 is 1.62 bits per heavy atom. The predicted molar refractivity (Wildman–Crippen MR) is 55.2 cm³/mol. The molecule has 0 amide bonds. The van der Waals surface area contributed by atoms with Gasteiger partial charge in [-0.05, 0) is 34.1 Å². The van der Waals surface area contributed by atoms with Crippen molar-refractivity contribution in [3.05, 3.63) is 40.9 Å². The standard InChI is InChI=1S/C10H9BrO2/c1-3-9(12)7-5-4-6-8(11)10(7)13-2/h3-6H,1H2,2H3. The minimum Gasteiger partial charge on any atom is -0.495 e. The first-order valence-corrected chi connectivity index (χ1v) is 4.49. The first kappa shape index (κ1) is 9.99. The summed E-state index contributed by atoms with van der Waals surface area (Å²) in [5, 5.41) is 0. The van der Waals surface area contributed by atoms with E-state index < -0.39 is 0 Å². The lowest BCUT2D eigenvalue weighted by atomic mass is 10.1. The highest BCUT2D eigenvalue weighted by atomic mass is 79.9.